The summed E-state index contributed by atoms with van der Waals surface area (Å²) < 4.78 is 13.1. The molecule has 0 radical (unpaired) electrons. The van der Waals surface area contributed by atoms with Crippen LogP contribution in [0.5, 0.6) is 0 Å². The van der Waals surface area contributed by atoms with Crippen molar-refractivity contribution in [2.75, 3.05) is 18.1 Å². The molecule has 10 heteroatoms. The van der Waals surface area contributed by atoms with Gasteiger partial charge in [-0.15, -0.1) is 13.2 Å². The van der Waals surface area contributed by atoms with E-state index in [0.29, 0.717) is 36.1 Å². The maximum Gasteiger partial charge on any atom is 0.313 e. The van der Waals surface area contributed by atoms with Gasteiger partial charge in [0.05, 0.1) is 36.6 Å². The van der Waals surface area contributed by atoms with Gasteiger partial charge in [0, 0.05) is 18.7 Å². The third kappa shape index (κ3) is 7.05. The summed E-state index contributed by atoms with van der Waals surface area (Å²) in [5, 5.41) is 13.9. The Kier molecular flexibility index (Phi) is 11.3. The molecule has 0 aliphatic carbocycles. The van der Waals surface area contributed by atoms with Gasteiger partial charge in [0.15, 0.2) is 0 Å². The van der Waals surface area contributed by atoms with E-state index in [9.17, 15) is 14.7 Å². The van der Waals surface area contributed by atoms with Crippen LogP contribution in [0.1, 0.15) is 67.0 Å². The van der Waals surface area contributed by atoms with Crippen LogP contribution < -0.4 is 10.2 Å². The number of hydrogen-bond acceptors (Lipinski definition) is 7. The molecule has 3 aromatic rings. The molecular weight excluding hydrogens is 670 g/mol. The number of ether oxygens (including phenoxy) is 2. The molecule has 53 heavy (non-hydrogen) atoms. The molecule has 3 amide bonds. The minimum atomic E-state index is -1.35. The fraction of sp³-hybridized carbons (Fsp3) is 0.395. The van der Waals surface area contributed by atoms with Crippen molar-refractivity contribution >= 4 is 29.4 Å². The van der Waals surface area contributed by atoms with Crippen LogP contribution in [-0.4, -0.2) is 70.6 Å². The molecule has 2 bridgehead atoms. The average molecular weight is 720 g/mol. The van der Waals surface area contributed by atoms with Crippen molar-refractivity contribution in [3.63, 3.8) is 0 Å². The highest BCUT2D eigenvalue weighted by molar-refractivity contribution is 6.05. The molecule has 10 nitrogen and oxygen atoms in total. The third-order valence-corrected chi connectivity index (χ3v) is 11.0. The number of fused-ring (bicyclic) bond motifs is 1. The quantitative estimate of drug-likeness (QED) is 0.153. The van der Waals surface area contributed by atoms with Crippen LogP contribution in [0.15, 0.2) is 104 Å². The summed E-state index contributed by atoms with van der Waals surface area (Å²) in [6, 6.07) is 21.5. The molecule has 278 valence electrons. The Labute approximate surface area is 311 Å². The molecule has 3 aliphatic heterocycles. The molecule has 2 N–H and O–H groups in total. The van der Waals surface area contributed by atoms with Crippen molar-refractivity contribution in [1.29, 1.82) is 0 Å². The predicted molar refractivity (Wildman–Crippen MR) is 201 cm³/mol. The lowest BCUT2D eigenvalue weighted by atomic mass is 9.70. The number of hydrogen-bond donors (Lipinski definition) is 2. The molecule has 0 saturated carbocycles. The van der Waals surface area contributed by atoms with Crippen LogP contribution in [0.3, 0.4) is 0 Å². The van der Waals surface area contributed by atoms with E-state index in [1.165, 1.54) is 4.90 Å². The lowest BCUT2D eigenvalue weighted by Gasteiger charge is -2.39. The Morgan fingerprint density at radius 3 is 2.36 bits per heavy atom. The highest BCUT2D eigenvalue weighted by Gasteiger charge is 2.76. The summed E-state index contributed by atoms with van der Waals surface area (Å²) >= 11 is 0. The van der Waals surface area contributed by atoms with Gasteiger partial charge in [-0.25, -0.2) is 0 Å². The standard InChI is InChI=1S/C43H49N3O7/c1-6-8-19-35(48)44-29(5)38(31-17-13-10-14-18-31)52-42(51)36-34-22-23-43(53-34)37(36)40(49)46(33(26-47)30-15-11-9-12-16-30)39(43)41(50)45(24-7-2)32-25-27(3)20-21-28(32)4/h6-7,9-18,20-21,25,29,33-34,36-39,47H,1-2,8,19,22-24,26H2,3-5H3,(H,44,48)/t29-,33+,34+,36-,37-,38-,39+,43-/m0/s1. The number of aliphatic hydroxyl groups excluding tert-OH is 1. The van der Waals surface area contributed by atoms with Crippen molar-refractivity contribution in [2.24, 2.45) is 11.8 Å². The number of nitrogens with zero attached hydrogens (tertiary/aromatic N) is 2. The molecule has 3 saturated heterocycles. The number of benzene rings is 3. The average Bonchev–Trinajstić information content (AvgIpc) is 3.81. The summed E-state index contributed by atoms with van der Waals surface area (Å²) in [6.07, 6.45) is 3.33. The van der Waals surface area contributed by atoms with E-state index in [-0.39, 0.29) is 24.8 Å². The van der Waals surface area contributed by atoms with Gasteiger partial charge in [0.1, 0.15) is 17.7 Å². The van der Waals surface area contributed by atoms with Gasteiger partial charge < -0.3 is 29.7 Å². The fourth-order valence-electron chi connectivity index (χ4n) is 8.54. The molecule has 0 aromatic heterocycles. The fourth-order valence-corrected chi connectivity index (χ4v) is 8.54. The molecule has 8 atom stereocenters. The number of nitrogens with one attached hydrogen (secondary N) is 1. The summed E-state index contributed by atoms with van der Waals surface area (Å²) in [4.78, 5) is 60.6. The van der Waals surface area contributed by atoms with E-state index in [1.807, 2.05) is 92.7 Å². The topological polar surface area (TPSA) is 125 Å². The van der Waals surface area contributed by atoms with E-state index in [2.05, 4.69) is 18.5 Å². The lowest BCUT2D eigenvalue weighted by molar-refractivity contribution is -0.162. The number of carbonyl (C=O) groups is 4. The van der Waals surface area contributed by atoms with Crippen molar-refractivity contribution < 1.29 is 33.8 Å². The van der Waals surface area contributed by atoms with Crippen molar-refractivity contribution in [3.05, 3.63) is 126 Å². The highest BCUT2D eigenvalue weighted by atomic mass is 16.6. The Bertz CT molecular complexity index is 1850. The Balaban J connectivity index is 1.40. The second kappa shape index (κ2) is 15.9. The number of amides is 3. The minimum Gasteiger partial charge on any atom is -0.455 e. The second-order valence-corrected chi connectivity index (χ2v) is 14.4. The van der Waals surface area contributed by atoms with Gasteiger partial charge in [0.25, 0.3) is 5.91 Å². The molecule has 0 unspecified atom stereocenters. The molecule has 6 rings (SSSR count). The predicted octanol–water partition coefficient (Wildman–Crippen LogP) is 5.69. The number of esters is 1. The largest absolute Gasteiger partial charge is 0.455 e. The third-order valence-electron chi connectivity index (χ3n) is 11.0. The van der Waals surface area contributed by atoms with Crippen LogP contribution in [0.2, 0.25) is 0 Å². The van der Waals surface area contributed by atoms with Gasteiger partial charge in [0.2, 0.25) is 11.8 Å². The number of allylic oxidation sites excluding steroid dienone is 1. The van der Waals surface area contributed by atoms with Crippen molar-refractivity contribution in [3.8, 4) is 0 Å². The zero-order valence-corrected chi connectivity index (χ0v) is 30.6. The number of anilines is 1. The van der Waals surface area contributed by atoms with Crippen molar-refractivity contribution in [1.82, 2.24) is 10.2 Å². The van der Waals surface area contributed by atoms with Crippen LogP contribution in [0, 0.1) is 25.7 Å². The molecule has 3 fully saturated rings. The van der Waals surface area contributed by atoms with Gasteiger partial charge in [-0.2, -0.15) is 0 Å². The summed E-state index contributed by atoms with van der Waals surface area (Å²) in [5.41, 5.74) is 2.49. The van der Waals surface area contributed by atoms with Crippen LogP contribution >= 0.6 is 0 Å². The smallest absolute Gasteiger partial charge is 0.313 e. The van der Waals surface area contributed by atoms with Crippen molar-refractivity contribution in [2.45, 2.75) is 82.4 Å². The molecule has 3 aromatic carbocycles. The van der Waals surface area contributed by atoms with Gasteiger partial charge in [-0.1, -0.05) is 84.9 Å². The Hall–Kier alpha value is -5.06. The first-order chi connectivity index (χ1) is 25.6. The maximum atomic E-state index is 15.2. The van der Waals surface area contributed by atoms with Crippen LogP contribution in [0.25, 0.3) is 0 Å². The van der Waals surface area contributed by atoms with E-state index < -0.39 is 66.3 Å². The highest BCUT2D eigenvalue weighted by Crippen LogP contribution is 2.60. The first-order valence-corrected chi connectivity index (χ1v) is 18.4. The zero-order chi connectivity index (χ0) is 37.9. The minimum absolute atomic E-state index is 0.168. The zero-order valence-electron chi connectivity index (χ0n) is 30.6. The number of aliphatic hydroxyl groups is 1. The summed E-state index contributed by atoms with van der Waals surface area (Å²) in [5.74, 6) is -3.73. The van der Waals surface area contributed by atoms with Gasteiger partial charge in [-0.3, -0.25) is 19.2 Å². The van der Waals surface area contributed by atoms with Gasteiger partial charge in [-0.05, 0) is 68.4 Å². The van der Waals surface area contributed by atoms with E-state index in [1.54, 1.807) is 24.0 Å². The second-order valence-electron chi connectivity index (χ2n) is 14.4. The molecule has 3 aliphatic rings. The normalized spacial score (nSPS) is 24.5. The summed E-state index contributed by atoms with van der Waals surface area (Å²) in [7, 11) is 0. The molecular formula is C43H49N3O7. The van der Waals surface area contributed by atoms with Gasteiger partial charge >= 0.3 is 5.97 Å². The van der Waals surface area contributed by atoms with E-state index in [4.69, 9.17) is 9.47 Å². The summed E-state index contributed by atoms with van der Waals surface area (Å²) in [6.45, 7) is 13.0. The number of likely N-dealkylation sites (tertiary alicyclic amines) is 1. The maximum absolute atomic E-state index is 15.2. The number of aryl methyl sites for hydroxylation is 2. The van der Waals surface area contributed by atoms with Crippen LogP contribution in [-0.2, 0) is 28.7 Å². The Morgan fingerprint density at radius 1 is 1.04 bits per heavy atom. The van der Waals surface area contributed by atoms with E-state index in [0.717, 1.165) is 11.1 Å². The number of rotatable bonds is 15. The monoisotopic (exact) mass is 719 g/mol. The molecule has 3 heterocycles. The Morgan fingerprint density at radius 2 is 1.72 bits per heavy atom. The SMILES string of the molecule is C=CCCC(=O)N[C@@H](C)[C@H](OC(=O)[C@@H]1[C@H]2C(=O)N([C@H](CO)c3ccccc3)[C@H](C(=O)N(CC=C)c3cc(C)ccc3C)[C@]23CC[C@H]1O3)c1ccccc1. The number of carbonyl (C=O) groups excluding carboxylic acids is 4. The van der Waals surface area contributed by atoms with Crippen LogP contribution in [0.4, 0.5) is 5.69 Å². The first-order valence-electron chi connectivity index (χ1n) is 18.4. The lowest BCUT2D eigenvalue weighted by Crippen LogP contribution is -2.57. The van der Waals surface area contributed by atoms with E-state index >= 15 is 9.59 Å². The first kappa shape index (κ1) is 37.7. The molecule has 1 spiro atoms.